The number of nitrogens with zero attached hydrogens (tertiary/aromatic N) is 2. The summed E-state index contributed by atoms with van der Waals surface area (Å²) >= 11 is 0. The van der Waals surface area contributed by atoms with Gasteiger partial charge in [0.25, 0.3) is 5.91 Å². The Morgan fingerprint density at radius 1 is 1.15 bits per heavy atom. The van der Waals surface area contributed by atoms with Gasteiger partial charge in [-0.05, 0) is 37.1 Å². The molecule has 1 aliphatic rings. The summed E-state index contributed by atoms with van der Waals surface area (Å²) in [5.74, 6) is 2.49. The van der Waals surface area contributed by atoms with Crippen LogP contribution in [0.1, 0.15) is 42.2 Å². The molecule has 2 atom stereocenters. The van der Waals surface area contributed by atoms with Crippen LogP contribution in [0.3, 0.4) is 0 Å². The second-order valence-corrected chi connectivity index (χ2v) is 6.55. The molecule has 0 spiro atoms. The van der Waals surface area contributed by atoms with Crippen molar-refractivity contribution in [1.82, 2.24) is 4.90 Å². The number of hydrogen-bond acceptors (Lipinski definition) is 2. The molecular formula is C22H22N2O2. The van der Waals surface area contributed by atoms with Gasteiger partial charge in [0.15, 0.2) is 0 Å². The van der Waals surface area contributed by atoms with Gasteiger partial charge in [0.1, 0.15) is 0 Å². The molecule has 0 radical (unpaired) electrons. The van der Waals surface area contributed by atoms with E-state index < -0.39 is 0 Å². The molecule has 2 aromatic carbocycles. The van der Waals surface area contributed by atoms with Crippen LogP contribution in [0.25, 0.3) is 0 Å². The average Bonchev–Trinajstić information content (AvgIpc) is 2.65. The Balaban J connectivity index is 2.05. The van der Waals surface area contributed by atoms with Gasteiger partial charge in [-0.25, -0.2) is 0 Å². The fraction of sp³-hybridized carbons (Fsp3) is 0.273. The second kappa shape index (κ2) is 7.45. The van der Waals surface area contributed by atoms with Gasteiger partial charge in [0.05, 0.1) is 12.6 Å². The van der Waals surface area contributed by atoms with Crippen molar-refractivity contribution in [2.75, 3.05) is 11.4 Å². The molecule has 2 aromatic rings. The summed E-state index contributed by atoms with van der Waals surface area (Å²) < 4.78 is 0. The molecule has 2 amide bonds. The number of anilines is 1. The third-order valence-corrected chi connectivity index (χ3v) is 4.84. The first kappa shape index (κ1) is 17.8. The summed E-state index contributed by atoms with van der Waals surface area (Å²) in [4.78, 5) is 28.8. The molecule has 2 unspecified atom stereocenters. The van der Waals surface area contributed by atoms with Crippen molar-refractivity contribution >= 4 is 17.5 Å². The molecule has 1 heterocycles. The predicted octanol–water partition coefficient (Wildman–Crippen LogP) is 3.65. The largest absolute Gasteiger partial charge is 0.325 e. The molecule has 4 nitrogen and oxygen atoms in total. The van der Waals surface area contributed by atoms with Crippen LogP contribution >= 0.6 is 0 Å². The Bertz CT molecular complexity index is 854. The van der Waals surface area contributed by atoms with E-state index in [2.05, 4.69) is 5.92 Å². The van der Waals surface area contributed by atoms with Gasteiger partial charge in [0, 0.05) is 24.2 Å². The summed E-state index contributed by atoms with van der Waals surface area (Å²) in [6, 6.07) is 16.8. The Morgan fingerprint density at radius 2 is 1.81 bits per heavy atom. The van der Waals surface area contributed by atoms with Crippen LogP contribution in [0.15, 0.2) is 54.6 Å². The fourth-order valence-electron chi connectivity index (χ4n) is 3.65. The topological polar surface area (TPSA) is 40.6 Å². The first-order chi connectivity index (χ1) is 12.5. The summed E-state index contributed by atoms with van der Waals surface area (Å²) in [5.41, 5.74) is 2.45. The molecule has 1 aliphatic heterocycles. The molecular weight excluding hydrogens is 324 g/mol. The zero-order chi connectivity index (χ0) is 18.7. The van der Waals surface area contributed by atoms with E-state index >= 15 is 0 Å². The van der Waals surface area contributed by atoms with Gasteiger partial charge in [-0.3, -0.25) is 9.59 Å². The lowest BCUT2D eigenvalue weighted by Crippen LogP contribution is -2.47. The minimum absolute atomic E-state index is 0.0321. The van der Waals surface area contributed by atoms with Crippen molar-refractivity contribution in [2.45, 2.75) is 32.4 Å². The molecule has 0 aromatic heterocycles. The van der Waals surface area contributed by atoms with E-state index in [-0.39, 0.29) is 30.4 Å². The number of fused-ring (bicyclic) bond motifs is 1. The lowest BCUT2D eigenvalue weighted by Gasteiger charge is -2.43. The summed E-state index contributed by atoms with van der Waals surface area (Å²) in [6.07, 6.45) is 6.12. The zero-order valence-corrected chi connectivity index (χ0v) is 15.1. The Hall–Kier alpha value is -3.06. The van der Waals surface area contributed by atoms with Gasteiger partial charge in [0.2, 0.25) is 5.91 Å². The summed E-state index contributed by atoms with van der Waals surface area (Å²) in [7, 11) is 0. The number of benzene rings is 2. The van der Waals surface area contributed by atoms with E-state index in [0.29, 0.717) is 12.0 Å². The van der Waals surface area contributed by atoms with Crippen LogP contribution < -0.4 is 4.90 Å². The molecule has 4 heteroatoms. The molecule has 0 fully saturated rings. The molecule has 0 saturated heterocycles. The standard InChI is InChI=1S/C22H22N2O2/c1-4-14-23(17(3)25)21-15-16(2)24(20-13-9-8-12-19(20)21)22(26)18-10-6-5-7-11-18/h1,5-13,16,21H,14-15H2,2-3H3. The number of hydrogen-bond donors (Lipinski definition) is 0. The number of carbonyl (C=O) groups excluding carboxylic acids is 2. The van der Waals surface area contributed by atoms with Gasteiger partial charge in [-0.2, -0.15) is 0 Å². The summed E-state index contributed by atoms with van der Waals surface area (Å²) in [6.45, 7) is 3.80. The van der Waals surface area contributed by atoms with Crippen LogP contribution in [0.4, 0.5) is 5.69 Å². The molecule has 132 valence electrons. The Kier molecular flexibility index (Phi) is 5.09. The Labute approximate surface area is 154 Å². The van der Waals surface area contributed by atoms with Crippen LogP contribution in [0, 0.1) is 12.3 Å². The normalized spacial score (nSPS) is 18.6. The predicted molar refractivity (Wildman–Crippen MR) is 103 cm³/mol. The minimum atomic E-state index is -0.130. The highest BCUT2D eigenvalue weighted by Gasteiger charge is 2.37. The number of carbonyl (C=O) groups is 2. The van der Waals surface area contributed by atoms with E-state index in [1.54, 1.807) is 4.90 Å². The second-order valence-electron chi connectivity index (χ2n) is 6.55. The van der Waals surface area contributed by atoms with Crippen molar-refractivity contribution in [3.8, 4) is 12.3 Å². The average molecular weight is 346 g/mol. The first-order valence-electron chi connectivity index (χ1n) is 8.72. The number of terminal acetylenes is 1. The van der Waals surface area contributed by atoms with Crippen LogP contribution in [-0.2, 0) is 4.79 Å². The van der Waals surface area contributed by atoms with E-state index in [9.17, 15) is 9.59 Å². The monoisotopic (exact) mass is 346 g/mol. The maximum absolute atomic E-state index is 13.1. The van der Waals surface area contributed by atoms with E-state index in [1.807, 2.05) is 66.4 Å². The molecule has 0 saturated carbocycles. The van der Waals surface area contributed by atoms with Gasteiger partial charge in [-0.1, -0.05) is 42.3 Å². The smallest absolute Gasteiger partial charge is 0.258 e. The van der Waals surface area contributed by atoms with Crippen LogP contribution in [0.2, 0.25) is 0 Å². The van der Waals surface area contributed by atoms with Gasteiger partial charge < -0.3 is 9.80 Å². The zero-order valence-electron chi connectivity index (χ0n) is 15.1. The van der Waals surface area contributed by atoms with Gasteiger partial charge in [-0.15, -0.1) is 6.42 Å². The SMILES string of the molecule is C#CCN(C(C)=O)C1CC(C)N(C(=O)c2ccccc2)c2ccccc21. The number of amides is 2. The molecule has 26 heavy (non-hydrogen) atoms. The quantitative estimate of drug-likeness (QED) is 0.796. The minimum Gasteiger partial charge on any atom is -0.325 e. The molecule has 3 rings (SSSR count). The summed E-state index contributed by atoms with van der Waals surface area (Å²) in [5, 5.41) is 0. The van der Waals surface area contributed by atoms with Crippen LogP contribution in [-0.4, -0.2) is 29.3 Å². The number of para-hydroxylation sites is 1. The lowest BCUT2D eigenvalue weighted by atomic mass is 9.89. The maximum Gasteiger partial charge on any atom is 0.258 e. The van der Waals surface area contributed by atoms with Crippen LogP contribution in [0.5, 0.6) is 0 Å². The third kappa shape index (κ3) is 3.21. The molecule has 0 bridgehead atoms. The van der Waals surface area contributed by atoms with Crippen molar-refractivity contribution in [3.05, 3.63) is 65.7 Å². The van der Waals surface area contributed by atoms with E-state index in [1.165, 1.54) is 6.92 Å². The number of rotatable bonds is 3. The highest BCUT2D eigenvalue weighted by Crippen LogP contribution is 2.40. The molecule has 0 N–H and O–H groups in total. The highest BCUT2D eigenvalue weighted by molar-refractivity contribution is 6.07. The highest BCUT2D eigenvalue weighted by atomic mass is 16.2. The maximum atomic E-state index is 13.1. The molecule has 0 aliphatic carbocycles. The third-order valence-electron chi connectivity index (χ3n) is 4.84. The van der Waals surface area contributed by atoms with E-state index in [4.69, 9.17) is 6.42 Å². The van der Waals surface area contributed by atoms with Crippen molar-refractivity contribution in [1.29, 1.82) is 0 Å². The van der Waals surface area contributed by atoms with Gasteiger partial charge >= 0.3 is 0 Å². The van der Waals surface area contributed by atoms with Crippen molar-refractivity contribution in [2.24, 2.45) is 0 Å². The fourth-order valence-corrected chi connectivity index (χ4v) is 3.65. The first-order valence-corrected chi connectivity index (χ1v) is 8.72. The van der Waals surface area contributed by atoms with Crippen molar-refractivity contribution < 1.29 is 9.59 Å². The Morgan fingerprint density at radius 3 is 2.46 bits per heavy atom. The van der Waals surface area contributed by atoms with E-state index in [0.717, 1.165) is 11.3 Å². The lowest BCUT2D eigenvalue weighted by molar-refractivity contribution is -0.130. The van der Waals surface area contributed by atoms with Crippen molar-refractivity contribution in [3.63, 3.8) is 0 Å².